The van der Waals surface area contributed by atoms with E-state index in [1.165, 1.54) is 0 Å². The Balaban J connectivity index is 3.18. The standard InChI is InChI=1S/C24H42O4/c1-5-9-18-25-23(26-19-10-6-2)24(27-20-11-7-3,28-21-12-8-4)22-16-14-13-15-17-22/h13-17,23H,5-12,18-21H2,1-4H3. The lowest BCUT2D eigenvalue weighted by Crippen LogP contribution is -2.48. The third-order valence-electron chi connectivity index (χ3n) is 4.65. The first-order valence-corrected chi connectivity index (χ1v) is 11.3. The van der Waals surface area contributed by atoms with Gasteiger partial charge in [-0.2, -0.15) is 0 Å². The van der Waals surface area contributed by atoms with Gasteiger partial charge in [-0.3, -0.25) is 0 Å². The third kappa shape index (κ3) is 8.60. The van der Waals surface area contributed by atoms with Gasteiger partial charge in [0.1, 0.15) is 0 Å². The molecule has 0 saturated carbocycles. The fourth-order valence-corrected chi connectivity index (χ4v) is 2.82. The van der Waals surface area contributed by atoms with Crippen molar-refractivity contribution in [2.24, 2.45) is 0 Å². The van der Waals surface area contributed by atoms with Crippen LogP contribution in [0.25, 0.3) is 0 Å². The highest BCUT2D eigenvalue weighted by Crippen LogP contribution is 2.35. The Bertz CT molecular complexity index is 443. The monoisotopic (exact) mass is 394 g/mol. The Labute approximate surface area is 172 Å². The number of hydrogen-bond acceptors (Lipinski definition) is 4. The number of hydrogen-bond donors (Lipinski definition) is 0. The molecule has 1 aromatic rings. The molecule has 0 aliphatic carbocycles. The van der Waals surface area contributed by atoms with Gasteiger partial charge in [0.05, 0.1) is 13.2 Å². The van der Waals surface area contributed by atoms with E-state index in [0.717, 1.165) is 56.9 Å². The first-order valence-electron chi connectivity index (χ1n) is 11.3. The zero-order chi connectivity index (χ0) is 20.5. The molecular weight excluding hydrogens is 352 g/mol. The molecule has 0 unspecified atom stereocenters. The Morgan fingerprint density at radius 2 is 1.07 bits per heavy atom. The minimum absolute atomic E-state index is 0.582. The van der Waals surface area contributed by atoms with Crippen molar-refractivity contribution in [2.45, 2.75) is 91.1 Å². The summed E-state index contributed by atoms with van der Waals surface area (Å²) in [6, 6.07) is 10.2. The molecule has 0 amide bonds. The average Bonchev–Trinajstić information content (AvgIpc) is 2.73. The van der Waals surface area contributed by atoms with Crippen molar-refractivity contribution in [2.75, 3.05) is 26.4 Å². The maximum atomic E-state index is 6.45. The van der Waals surface area contributed by atoms with Gasteiger partial charge in [0.25, 0.3) is 0 Å². The molecule has 4 nitrogen and oxygen atoms in total. The highest BCUT2D eigenvalue weighted by Gasteiger charge is 2.45. The zero-order valence-electron chi connectivity index (χ0n) is 18.6. The fourth-order valence-electron chi connectivity index (χ4n) is 2.82. The molecule has 0 radical (unpaired) electrons. The van der Waals surface area contributed by atoms with E-state index in [1.54, 1.807) is 0 Å². The molecule has 0 atom stereocenters. The molecule has 0 heterocycles. The molecule has 28 heavy (non-hydrogen) atoms. The van der Waals surface area contributed by atoms with E-state index >= 15 is 0 Å². The third-order valence-corrected chi connectivity index (χ3v) is 4.65. The fraction of sp³-hybridized carbons (Fsp3) is 0.750. The second-order valence-corrected chi connectivity index (χ2v) is 7.22. The molecule has 0 aromatic heterocycles. The van der Waals surface area contributed by atoms with Crippen LogP contribution in [-0.4, -0.2) is 32.7 Å². The van der Waals surface area contributed by atoms with Crippen molar-refractivity contribution in [3.8, 4) is 0 Å². The summed E-state index contributed by atoms with van der Waals surface area (Å²) in [6.07, 6.45) is 7.63. The molecular formula is C24H42O4. The van der Waals surface area contributed by atoms with Gasteiger partial charge in [0.2, 0.25) is 12.1 Å². The first kappa shape index (κ1) is 25.1. The summed E-state index contributed by atoms with van der Waals surface area (Å²) in [5, 5.41) is 0. The minimum Gasteiger partial charge on any atom is -0.347 e. The van der Waals surface area contributed by atoms with E-state index in [9.17, 15) is 0 Å². The van der Waals surface area contributed by atoms with Gasteiger partial charge in [-0.25, -0.2) is 0 Å². The normalized spacial score (nSPS) is 12.0. The van der Waals surface area contributed by atoms with E-state index < -0.39 is 12.1 Å². The predicted octanol–water partition coefficient (Wildman–Crippen LogP) is 6.43. The Kier molecular flexibility index (Phi) is 14.3. The zero-order valence-corrected chi connectivity index (χ0v) is 18.6. The van der Waals surface area contributed by atoms with Gasteiger partial charge in [0, 0.05) is 18.8 Å². The number of unbranched alkanes of at least 4 members (excludes halogenated alkanes) is 4. The molecule has 0 bridgehead atoms. The molecule has 0 fully saturated rings. The molecule has 1 aromatic carbocycles. The quantitative estimate of drug-likeness (QED) is 0.212. The van der Waals surface area contributed by atoms with E-state index in [0.29, 0.717) is 26.4 Å². The summed E-state index contributed by atoms with van der Waals surface area (Å²) in [5.74, 6) is -1.03. The lowest BCUT2D eigenvalue weighted by atomic mass is 10.0. The molecule has 0 aliphatic heterocycles. The summed E-state index contributed by atoms with van der Waals surface area (Å²) in [5.41, 5.74) is 0.959. The van der Waals surface area contributed by atoms with Crippen LogP contribution in [0.15, 0.2) is 30.3 Å². The van der Waals surface area contributed by atoms with E-state index in [2.05, 4.69) is 39.8 Å². The summed E-state index contributed by atoms with van der Waals surface area (Å²) in [6.45, 7) is 11.2. The second kappa shape index (κ2) is 15.9. The minimum atomic E-state index is -1.03. The van der Waals surface area contributed by atoms with E-state index in [-0.39, 0.29) is 0 Å². The van der Waals surface area contributed by atoms with Gasteiger partial charge < -0.3 is 18.9 Å². The van der Waals surface area contributed by atoms with Crippen LogP contribution >= 0.6 is 0 Å². The topological polar surface area (TPSA) is 36.9 Å². The van der Waals surface area contributed by atoms with Crippen LogP contribution in [-0.2, 0) is 24.7 Å². The van der Waals surface area contributed by atoms with Gasteiger partial charge in [-0.05, 0) is 25.7 Å². The van der Waals surface area contributed by atoms with Crippen molar-refractivity contribution in [3.63, 3.8) is 0 Å². The van der Waals surface area contributed by atoms with E-state index in [1.807, 2.05) is 18.2 Å². The predicted molar refractivity (Wildman–Crippen MR) is 115 cm³/mol. The smallest absolute Gasteiger partial charge is 0.248 e. The first-order chi connectivity index (χ1) is 13.7. The van der Waals surface area contributed by atoms with Crippen LogP contribution in [0.3, 0.4) is 0 Å². The molecule has 0 saturated heterocycles. The molecule has 0 aliphatic rings. The number of rotatable bonds is 18. The summed E-state index contributed by atoms with van der Waals surface area (Å²) in [7, 11) is 0. The second-order valence-electron chi connectivity index (χ2n) is 7.22. The molecule has 0 N–H and O–H groups in total. The molecule has 162 valence electrons. The SMILES string of the molecule is CCCCOC(OCCCC)C(OCCCC)(OCCCC)c1ccccc1. The highest BCUT2D eigenvalue weighted by molar-refractivity contribution is 5.21. The van der Waals surface area contributed by atoms with Crippen molar-refractivity contribution < 1.29 is 18.9 Å². The van der Waals surface area contributed by atoms with Crippen LogP contribution < -0.4 is 0 Å². The summed E-state index contributed by atoms with van der Waals surface area (Å²) >= 11 is 0. The Morgan fingerprint density at radius 3 is 1.50 bits per heavy atom. The van der Waals surface area contributed by atoms with Crippen molar-refractivity contribution in [3.05, 3.63) is 35.9 Å². The largest absolute Gasteiger partial charge is 0.347 e. The van der Waals surface area contributed by atoms with Crippen LogP contribution in [0.5, 0.6) is 0 Å². The van der Waals surface area contributed by atoms with Crippen molar-refractivity contribution in [1.29, 1.82) is 0 Å². The Morgan fingerprint density at radius 1 is 0.643 bits per heavy atom. The van der Waals surface area contributed by atoms with Gasteiger partial charge in [-0.1, -0.05) is 83.7 Å². The number of benzene rings is 1. The summed E-state index contributed by atoms with van der Waals surface area (Å²) < 4.78 is 25.4. The van der Waals surface area contributed by atoms with Crippen LogP contribution in [0.2, 0.25) is 0 Å². The van der Waals surface area contributed by atoms with Crippen LogP contribution in [0, 0.1) is 0 Å². The number of ether oxygens (including phenoxy) is 4. The highest BCUT2D eigenvalue weighted by atomic mass is 16.8. The van der Waals surface area contributed by atoms with Crippen LogP contribution in [0.1, 0.15) is 84.6 Å². The molecule has 4 heteroatoms. The lowest BCUT2D eigenvalue weighted by Gasteiger charge is -2.40. The van der Waals surface area contributed by atoms with Crippen molar-refractivity contribution in [1.82, 2.24) is 0 Å². The van der Waals surface area contributed by atoms with Gasteiger partial charge in [-0.15, -0.1) is 0 Å². The Hall–Kier alpha value is -0.940. The maximum absolute atomic E-state index is 6.45. The lowest BCUT2D eigenvalue weighted by molar-refractivity contribution is -0.363. The molecule has 0 spiro atoms. The average molecular weight is 395 g/mol. The maximum Gasteiger partial charge on any atom is 0.248 e. The molecule has 1 rings (SSSR count). The van der Waals surface area contributed by atoms with Gasteiger partial charge >= 0.3 is 0 Å². The van der Waals surface area contributed by atoms with Crippen molar-refractivity contribution >= 4 is 0 Å². The van der Waals surface area contributed by atoms with E-state index in [4.69, 9.17) is 18.9 Å². The van der Waals surface area contributed by atoms with Crippen LogP contribution in [0.4, 0.5) is 0 Å². The summed E-state index contributed by atoms with van der Waals surface area (Å²) in [4.78, 5) is 0. The van der Waals surface area contributed by atoms with Gasteiger partial charge in [0.15, 0.2) is 0 Å².